The number of ether oxygens (including phenoxy) is 2. The van der Waals surface area contributed by atoms with Crippen LogP contribution in [0.15, 0.2) is 41.4 Å². The van der Waals surface area contributed by atoms with Crippen LogP contribution in [0.5, 0.6) is 11.5 Å². The Balaban J connectivity index is 1.80. The molecule has 0 saturated carbocycles. The molecule has 152 valence electrons. The van der Waals surface area contributed by atoms with Crippen LogP contribution >= 0.6 is 23.1 Å². The molecule has 0 aliphatic carbocycles. The molecule has 2 aromatic carbocycles. The smallest absolute Gasteiger partial charge is 0.416 e. The Kier molecular flexibility index (Phi) is 5.30. The number of rotatable bonds is 4. The lowest BCUT2D eigenvalue weighted by Gasteiger charge is -2.07. The van der Waals surface area contributed by atoms with Crippen LogP contribution in [0.3, 0.4) is 0 Å². The number of thioether (sulfide) groups is 1. The molecule has 0 radical (unpaired) electrons. The van der Waals surface area contributed by atoms with E-state index in [4.69, 9.17) is 9.47 Å². The molecule has 1 aliphatic rings. The van der Waals surface area contributed by atoms with Crippen molar-refractivity contribution >= 4 is 39.2 Å². The Morgan fingerprint density at radius 2 is 2.00 bits per heavy atom. The molecule has 1 aliphatic heterocycles. The second kappa shape index (κ2) is 7.75. The minimum atomic E-state index is -4.52. The summed E-state index contributed by atoms with van der Waals surface area (Å²) in [4.78, 5) is 17.1. The van der Waals surface area contributed by atoms with Crippen LogP contribution in [-0.4, -0.2) is 29.3 Å². The van der Waals surface area contributed by atoms with Crippen LogP contribution in [0, 0.1) is 0 Å². The minimum absolute atomic E-state index is 0.108. The third-order valence-corrected chi connectivity index (χ3v) is 5.96. The van der Waals surface area contributed by atoms with Gasteiger partial charge in [-0.15, -0.1) is 0 Å². The fourth-order valence-corrected chi connectivity index (χ4v) is 4.35. The number of benzene rings is 2. The number of carbonyl (C=O) groups is 1. The first-order valence-electron chi connectivity index (χ1n) is 8.55. The standard InChI is InChI=1S/C19H15F3N2O3S2/c1-28-6-5-24-13-8-14-15(27-10-26-14)9-16(13)29-18(24)23-17(25)11-3-2-4-12(7-11)19(20,21)22/h2-4,7-9H,5-6,10H2,1H3. The molecule has 0 bridgehead atoms. The maximum absolute atomic E-state index is 12.9. The molecular weight excluding hydrogens is 425 g/mol. The zero-order valence-electron chi connectivity index (χ0n) is 15.2. The quantitative estimate of drug-likeness (QED) is 0.597. The van der Waals surface area contributed by atoms with Crippen molar-refractivity contribution < 1.29 is 27.4 Å². The lowest BCUT2D eigenvalue weighted by molar-refractivity contribution is -0.137. The third kappa shape index (κ3) is 3.99. The van der Waals surface area contributed by atoms with E-state index in [1.54, 1.807) is 11.8 Å². The average molecular weight is 440 g/mol. The van der Waals surface area contributed by atoms with Crippen LogP contribution in [0.2, 0.25) is 0 Å². The van der Waals surface area contributed by atoms with Crippen molar-refractivity contribution in [3.05, 3.63) is 52.3 Å². The molecule has 29 heavy (non-hydrogen) atoms. The van der Waals surface area contributed by atoms with E-state index < -0.39 is 17.6 Å². The van der Waals surface area contributed by atoms with Gasteiger partial charge in [0.25, 0.3) is 5.91 Å². The van der Waals surface area contributed by atoms with E-state index in [2.05, 4.69) is 4.99 Å². The maximum Gasteiger partial charge on any atom is 0.416 e. The van der Waals surface area contributed by atoms with Crippen molar-refractivity contribution in [1.82, 2.24) is 4.57 Å². The van der Waals surface area contributed by atoms with Crippen LogP contribution in [0.25, 0.3) is 10.2 Å². The van der Waals surface area contributed by atoms with Gasteiger partial charge in [0.1, 0.15) is 0 Å². The van der Waals surface area contributed by atoms with Gasteiger partial charge in [-0.05, 0) is 24.5 Å². The first-order chi connectivity index (χ1) is 13.9. The first kappa shape index (κ1) is 19.8. The molecule has 0 N–H and O–H groups in total. The van der Waals surface area contributed by atoms with Gasteiger partial charge < -0.3 is 14.0 Å². The zero-order chi connectivity index (χ0) is 20.6. The second-order valence-electron chi connectivity index (χ2n) is 6.20. The van der Waals surface area contributed by atoms with E-state index in [9.17, 15) is 18.0 Å². The first-order valence-corrected chi connectivity index (χ1v) is 10.8. The van der Waals surface area contributed by atoms with Gasteiger partial charge in [0.15, 0.2) is 16.3 Å². The summed E-state index contributed by atoms with van der Waals surface area (Å²) in [7, 11) is 0. The number of amides is 1. The largest absolute Gasteiger partial charge is 0.454 e. The number of alkyl halides is 3. The monoisotopic (exact) mass is 440 g/mol. The number of thiazole rings is 1. The molecule has 5 nitrogen and oxygen atoms in total. The highest BCUT2D eigenvalue weighted by Gasteiger charge is 2.31. The number of fused-ring (bicyclic) bond motifs is 2. The maximum atomic E-state index is 12.9. The number of nitrogens with zero attached hydrogens (tertiary/aromatic N) is 2. The lowest BCUT2D eigenvalue weighted by atomic mass is 10.1. The summed E-state index contributed by atoms with van der Waals surface area (Å²) in [6.45, 7) is 0.748. The van der Waals surface area contributed by atoms with Crippen LogP contribution in [0.1, 0.15) is 15.9 Å². The molecule has 4 rings (SSSR count). The molecule has 10 heteroatoms. The summed E-state index contributed by atoms with van der Waals surface area (Å²) >= 11 is 2.92. The molecule has 0 spiro atoms. The van der Waals surface area contributed by atoms with Gasteiger partial charge in [-0.25, -0.2) is 0 Å². The van der Waals surface area contributed by atoms with Gasteiger partial charge in [0.05, 0.1) is 15.8 Å². The molecule has 0 fully saturated rings. The Bertz CT molecular complexity index is 1150. The molecule has 1 aromatic heterocycles. The Labute approximate surface area is 171 Å². The van der Waals surface area contributed by atoms with E-state index in [1.807, 2.05) is 23.0 Å². The molecule has 0 saturated heterocycles. The molecular formula is C19H15F3N2O3S2. The SMILES string of the molecule is CSCCn1c(=NC(=O)c2cccc(C(F)(F)F)c2)sc2cc3c(cc21)OCO3. The van der Waals surface area contributed by atoms with E-state index >= 15 is 0 Å². The topological polar surface area (TPSA) is 52.8 Å². The minimum Gasteiger partial charge on any atom is -0.454 e. The van der Waals surface area contributed by atoms with E-state index in [-0.39, 0.29) is 12.4 Å². The normalized spacial score (nSPS) is 14.0. The fourth-order valence-electron chi connectivity index (χ4n) is 2.92. The summed E-state index contributed by atoms with van der Waals surface area (Å²) in [5.41, 5.74) is -0.150. The molecule has 1 amide bonds. The van der Waals surface area contributed by atoms with Gasteiger partial charge in [-0.1, -0.05) is 17.4 Å². The van der Waals surface area contributed by atoms with E-state index in [0.29, 0.717) is 22.8 Å². The van der Waals surface area contributed by atoms with Gasteiger partial charge in [-0.3, -0.25) is 4.79 Å². The fraction of sp³-hybridized carbons (Fsp3) is 0.263. The van der Waals surface area contributed by atoms with Gasteiger partial charge in [0, 0.05) is 30.0 Å². The predicted molar refractivity (Wildman–Crippen MR) is 106 cm³/mol. The van der Waals surface area contributed by atoms with Crippen molar-refractivity contribution in [2.24, 2.45) is 4.99 Å². The zero-order valence-corrected chi connectivity index (χ0v) is 16.8. The number of hydrogen-bond acceptors (Lipinski definition) is 5. The van der Waals surface area contributed by atoms with Crippen molar-refractivity contribution in [2.45, 2.75) is 12.7 Å². The second-order valence-corrected chi connectivity index (χ2v) is 8.19. The van der Waals surface area contributed by atoms with Crippen LogP contribution in [0.4, 0.5) is 13.2 Å². The van der Waals surface area contributed by atoms with Crippen LogP contribution < -0.4 is 14.3 Å². The molecule has 2 heterocycles. The summed E-state index contributed by atoms with van der Waals surface area (Å²) in [5.74, 6) is 1.29. The summed E-state index contributed by atoms with van der Waals surface area (Å²) in [5, 5.41) is 0. The van der Waals surface area contributed by atoms with Gasteiger partial charge in [0.2, 0.25) is 6.79 Å². The van der Waals surface area contributed by atoms with Crippen molar-refractivity contribution in [3.63, 3.8) is 0 Å². The van der Waals surface area contributed by atoms with Gasteiger partial charge >= 0.3 is 6.18 Å². The Hall–Kier alpha value is -2.46. The Morgan fingerprint density at radius 3 is 2.72 bits per heavy atom. The number of carbonyl (C=O) groups excluding carboxylic acids is 1. The number of hydrogen-bond donors (Lipinski definition) is 0. The average Bonchev–Trinajstić information content (AvgIpc) is 3.27. The summed E-state index contributed by atoms with van der Waals surface area (Å²) in [6.07, 6.45) is -2.55. The molecule has 0 atom stereocenters. The number of aromatic nitrogens is 1. The van der Waals surface area contributed by atoms with Crippen molar-refractivity contribution in [3.8, 4) is 11.5 Å². The Morgan fingerprint density at radius 1 is 1.24 bits per heavy atom. The predicted octanol–water partition coefficient (Wildman–Crippen LogP) is 4.55. The van der Waals surface area contributed by atoms with Gasteiger partial charge in [-0.2, -0.15) is 29.9 Å². The lowest BCUT2D eigenvalue weighted by Crippen LogP contribution is -2.18. The van der Waals surface area contributed by atoms with Crippen molar-refractivity contribution in [2.75, 3.05) is 18.8 Å². The number of halogens is 3. The molecule has 0 unspecified atom stereocenters. The van der Waals surface area contributed by atoms with Crippen LogP contribution in [-0.2, 0) is 12.7 Å². The van der Waals surface area contributed by atoms with E-state index in [0.717, 1.165) is 28.1 Å². The highest BCUT2D eigenvalue weighted by molar-refractivity contribution is 7.98. The van der Waals surface area contributed by atoms with E-state index in [1.165, 1.54) is 23.5 Å². The highest BCUT2D eigenvalue weighted by atomic mass is 32.2. The van der Waals surface area contributed by atoms with Crippen molar-refractivity contribution in [1.29, 1.82) is 0 Å². The number of aryl methyl sites for hydroxylation is 1. The highest BCUT2D eigenvalue weighted by Crippen LogP contribution is 2.37. The third-order valence-electron chi connectivity index (χ3n) is 4.33. The summed E-state index contributed by atoms with van der Waals surface area (Å²) in [6, 6.07) is 7.94. The molecule has 3 aromatic rings. The summed E-state index contributed by atoms with van der Waals surface area (Å²) < 4.78 is 52.4.